The van der Waals surface area contributed by atoms with Gasteiger partial charge in [-0.2, -0.15) is 0 Å². The van der Waals surface area contributed by atoms with Crippen molar-refractivity contribution in [3.05, 3.63) is 30.3 Å². The molecule has 6 N–H and O–H groups in total. The molecule has 0 saturated heterocycles. The molecule has 1 atom stereocenters. The first-order valence-electron chi connectivity index (χ1n) is 10.4. The summed E-state index contributed by atoms with van der Waals surface area (Å²) < 4.78 is 32.5. The average Bonchev–Trinajstić information content (AvgIpc) is 3.27. The second-order valence-electron chi connectivity index (χ2n) is 7.52. The van der Waals surface area contributed by atoms with Crippen molar-refractivity contribution in [3.8, 4) is 0 Å². The van der Waals surface area contributed by atoms with Crippen LogP contribution in [-0.2, 0) is 24.3 Å². The van der Waals surface area contributed by atoms with Crippen LogP contribution in [0.1, 0.15) is 38.5 Å². The molecule has 1 aromatic carbocycles. The molecule has 10 nitrogen and oxygen atoms in total. The zero-order valence-corrected chi connectivity index (χ0v) is 18.3. The van der Waals surface area contributed by atoms with Gasteiger partial charge in [-0.25, -0.2) is 13.1 Å². The molecule has 1 aliphatic carbocycles. The van der Waals surface area contributed by atoms with Gasteiger partial charge in [0, 0.05) is 13.1 Å². The number of nitrogens with one attached hydrogen (secondary N) is 3. The highest BCUT2D eigenvalue weighted by Gasteiger charge is 2.52. The molecule has 0 spiro atoms. The van der Waals surface area contributed by atoms with Gasteiger partial charge >= 0.3 is 7.12 Å². The monoisotopic (exact) mass is 454 g/mol. The lowest BCUT2D eigenvalue weighted by Gasteiger charge is -2.31. The number of hydrogen-bond donors (Lipinski definition) is 5. The number of benzene rings is 1. The third kappa shape index (κ3) is 7.01. The van der Waals surface area contributed by atoms with E-state index in [-0.39, 0.29) is 18.0 Å². The Morgan fingerprint density at radius 1 is 1.26 bits per heavy atom. The molecule has 1 aliphatic rings. The second kappa shape index (κ2) is 12.2. The summed E-state index contributed by atoms with van der Waals surface area (Å²) in [7, 11) is -5.08. The van der Waals surface area contributed by atoms with Gasteiger partial charge in [-0.05, 0) is 44.4 Å². The minimum Gasteiger partial charge on any atom is -0.426 e. The lowest BCUT2D eigenvalue weighted by Crippen LogP contribution is -2.50. The summed E-state index contributed by atoms with van der Waals surface area (Å²) >= 11 is 0. The Labute approximate surface area is 183 Å². The quantitative estimate of drug-likeness (QED) is 0.112. The summed E-state index contributed by atoms with van der Waals surface area (Å²) in [6.45, 7) is 0.464. The molecular weight excluding hydrogens is 423 g/mol. The zero-order chi connectivity index (χ0) is 22.7. The Balaban J connectivity index is 1.92. The Kier molecular flexibility index (Phi) is 9.91. The maximum atomic E-state index is 12.9. The SMILES string of the molecule is NCCC[C@H](NC=O)OB(O)C1(C(=O)NCCNS(=O)(=O)c2ccccc2)CCCC1. The van der Waals surface area contributed by atoms with Gasteiger partial charge in [0.25, 0.3) is 0 Å². The van der Waals surface area contributed by atoms with Crippen molar-refractivity contribution in [2.24, 2.45) is 5.73 Å². The fourth-order valence-corrected chi connectivity index (χ4v) is 4.72. The normalized spacial score (nSPS) is 16.5. The summed E-state index contributed by atoms with van der Waals surface area (Å²) in [6.07, 6.45) is 3.09. The maximum Gasteiger partial charge on any atom is 0.472 e. The van der Waals surface area contributed by atoms with Gasteiger partial charge in [0.05, 0.1) is 10.2 Å². The third-order valence-electron chi connectivity index (χ3n) is 5.39. The first kappa shape index (κ1) is 25.3. The Hall–Kier alpha value is -1.99. The van der Waals surface area contributed by atoms with Crippen LogP contribution in [0.15, 0.2) is 35.2 Å². The van der Waals surface area contributed by atoms with Crippen molar-refractivity contribution in [2.75, 3.05) is 19.6 Å². The number of carbonyl (C=O) groups excluding carboxylic acids is 2. The Morgan fingerprint density at radius 2 is 1.94 bits per heavy atom. The second-order valence-corrected chi connectivity index (χ2v) is 9.29. The molecule has 31 heavy (non-hydrogen) atoms. The third-order valence-corrected chi connectivity index (χ3v) is 6.87. The molecule has 0 heterocycles. The largest absolute Gasteiger partial charge is 0.472 e. The van der Waals surface area contributed by atoms with Crippen LogP contribution in [-0.4, -0.2) is 58.7 Å². The van der Waals surface area contributed by atoms with Crippen molar-refractivity contribution in [1.82, 2.24) is 15.4 Å². The summed E-state index contributed by atoms with van der Waals surface area (Å²) in [5, 5.41) is 14.8. The molecule has 172 valence electrons. The molecule has 1 saturated carbocycles. The smallest absolute Gasteiger partial charge is 0.426 e. The highest BCUT2D eigenvalue weighted by Crippen LogP contribution is 2.47. The molecule has 2 amide bonds. The molecular formula is C19H31BN4O6S. The van der Waals surface area contributed by atoms with Crippen LogP contribution >= 0.6 is 0 Å². The average molecular weight is 454 g/mol. The zero-order valence-electron chi connectivity index (χ0n) is 17.5. The van der Waals surface area contributed by atoms with Crippen LogP contribution in [0, 0.1) is 0 Å². The fraction of sp³-hybridized carbons (Fsp3) is 0.579. The summed E-state index contributed by atoms with van der Waals surface area (Å²) in [5.74, 6) is -0.403. The Bertz CT molecular complexity index is 805. The van der Waals surface area contributed by atoms with Crippen LogP contribution in [0.5, 0.6) is 0 Å². The minimum atomic E-state index is -3.67. The van der Waals surface area contributed by atoms with E-state index in [1.54, 1.807) is 18.2 Å². The summed E-state index contributed by atoms with van der Waals surface area (Å²) in [6, 6.07) is 7.94. The molecule has 1 fully saturated rings. The maximum absolute atomic E-state index is 12.9. The lowest BCUT2D eigenvalue weighted by molar-refractivity contribution is -0.125. The highest BCUT2D eigenvalue weighted by atomic mass is 32.2. The highest BCUT2D eigenvalue weighted by molar-refractivity contribution is 7.89. The topological polar surface area (TPSA) is 160 Å². The van der Waals surface area contributed by atoms with Crippen LogP contribution in [0.25, 0.3) is 0 Å². The lowest BCUT2D eigenvalue weighted by atomic mass is 9.55. The van der Waals surface area contributed by atoms with Crippen molar-refractivity contribution in [3.63, 3.8) is 0 Å². The van der Waals surface area contributed by atoms with E-state index in [0.29, 0.717) is 38.6 Å². The van der Waals surface area contributed by atoms with Gasteiger partial charge in [0.15, 0.2) is 0 Å². The molecule has 0 unspecified atom stereocenters. The molecule has 1 aromatic rings. The molecule has 0 aromatic heterocycles. The van der Waals surface area contributed by atoms with E-state index in [2.05, 4.69) is 15.4 Å². The number of hydrogen-bond acceptors (Lipinski definition) is 7. The van der Waals surface area contributed by atoms with Gasteiger partial charge < -0.3 is 26.0 Å². The van der Waals surface area contributed by atoms with E-state index in [1.165, 1.54) is 12.1 Å². The van der Waals surface area contributed by atoms with Crippen molar-refractivity contribution >= 4 is 29.5 Å². The predicted molar refractivity (Wildman–Crippen MR) is 116 cm³/mol. The van der Waals surface area contributed by atoms with Crippen LogP contribution in [0.3, 0.4) is 0 Å². The van der Waals surface area contributed by atoms with E-state index in [9.17, 15) is 23.0 Å². The van der Waals surface area contributed by atoms with Crippen LogP contribution < -0.4 is 21.1 Å². The summed E-state index contributed by atoms with van der Waals surface area (Å²) in [5.41, 5.74) is 5.49. The van der Waals surface area contributed by atoms with Gasteiger partial charge in [-0.1, -0.05) is 31.0 Å². The van der Waals surface area contributed by atoms with E-state index < -0.39 is 34.6 Å². The molecule has 12 heteroatoms. The first-order valence-corrected chi connectivity index (χ1v) is 11.9. The first-order chi connectivity index (χ1) is 14.9. The minimum absolute atomic E-state index is 0.00181. The predicted octanol–water partition coefficient (Wildman–Crippen LogP) is -0.296. The van der Waals surface area contributed by atoms with Gasteiger partial charge in [-0.15, -0.1) is 0 Å². The molecule has 2 rings (SSSR count). The molecule has 0 bridgehead atoms. The number of amides is 2. The van der Waals surface area contributed by atoms with Gasteiger partial charge in [-0.3, -0.25) is 9.59 Å². The van der Waals surface area contributed by atoms with Crippen LogP contribution in [0.4, 0.5) is 0 Å². The van der Waals surface area contributed by atoms with Crippen molar-refractivity contribution in [1.29, 1.82) is 0 Å². The number of rotatable bonds is 14. The molecule has 0 aliphatic heterocycles. The van der Waals surface area contributed by atoms with Crippen molar-refractivity contribution in [2.45, 2.75) is 55.0 Å². The number of nitrogens with two attached hydrogens (primary N) is 1. The summed E-state index contributed by atoms with van der Waals surface area (Å²) in [4.78, 5) is 23.9. The standard InChI is InChI=1S/C19H31BN4O6S/c21-12-6-9-17(23-15-25)30-20(27)19(10-4-5-11-19)18(26)22-13-14-24-31(28,29)16-7-2-1-3-8-16/h1-3,7-8,15,17,24,27H,4-6,9-14,21H2,(H,22,26)(H,23,25)/t17-/m1/s1. The number of sulfonamides is 1. The van der Waals surface area contributed by atoms with Crippen molar-refractivity contribution < 1.29 is 27.7 Å². The van der Waals surface area contributed by atoms with E-state index in [4.69, 9.17) is 10.4 Å². The van der Waals surface area contributed by atoms with Crippen LogP contribution in [0.2, 0.25) is 5.31 Å². The molecule has 0 radical (unpaired) electrons. The van der Waals surface area contributed by atoms with E-state index in [1.807, 2.05) is 0 Å². The van der Waals surface area contributed by atoms with E-state index in [0.717, 1.165) is 12.8 Å². The van der Waals surface area contributed by atoms with Gasteiger partial charge in [0.2, 0.25) is 22.3 Å². The Morgan fingerprint density at radius 3 is 2.55 bits per heavy atom. The number of carbonyl (C=O) groups is 2. The fourth-order valence-electron chi connectivity index (χ4n) is 3.67. The van der Waals surface area contributed by atoms with E-state index >= 15 is 0 Å². The van der Waals surface area contributed by atoms with Gasteiger partial charge in [0.1, 0.15) is 6.23 Å².